The molecule has 0 heterocycles. The molecule has 0 spiro atoms. The van der Waals surface area contributed by atoms with Gasteiger partial charge in [-0.1, -0.05) is 53.9 Å². The lowest BCUT2D eigenvalue weighted by molar-refractivity contribution is -0.138. The molecule has 162 valence electrons. The first-order valence-electron chi connectivity index (χ1n) is 9.94. The molecule has 2 aromatic rings. The van der Waals surface area contributed by atoms with Gasteiger partial charge in [-0.05, 0) is 57.0 Å². The number of amides is 2. The number of nitrogens with one attached hydrogen (secondary N) is 1. The van der Waals surface area contributed by atoms with Crippen molar-refractivity contribution in [3.8, 4) is 0 Å². The van der Waals surface area contributed by atoms with E-state index in [1.807, 2.05) is 45.0 Å². The van der Waals surface area contributed by atoms with Crippen LogP contribution in [0.1, 0.15) is 38.3 Å². The highest BCUT2D eigenvalue weighted by molar-refractivity contribution is 8.00. The molecule has 0 aliphatic rings. The lowest BCUT2D eigenvalue weighted by Gasteiger charge is -2.30. The number of carbonyl (C=O) groups excluding carboxylic acids is 2. The number of carbonyl (C=O) groups is 2. The number of aryl methyl sites for hydroxylation is 1. The van der Waals surface area contributed by atoms with Crippen LogP contribution in [0, 0.1) is 6.92 Å². The minimum absolute atomic E-state index is 0.0398. The van der Waals surface area contributed by atoms with Crippen molar-refractivity contribution in [1.29, 1.82) is 0 Å². The van der Waals surface area contributed by atoms with E-state index in [-0.39, 0.29) is 30.2 Å². The summed E-state index contributed by atoms with van der Waals surface area (Å²) in [5.74, 6) is -0.0728. The smallest absolute Gasteiger partial charge is 0.242 e. The minimum atomic E-state index is -0.628. The Labute approximate surface area is 193 Å². The zero-order valence-electron chi connectivity index (χ0n) is 17.7. The van der Waals surface area contributed by atoms with Crippen LogP contribution in [0.25, 0.3) is 0 Å². The molecule has 0 bridgehead atoms. The van der Waals surface area contributed by atoms with Gasteiger partial charge in [0.1, 0.15) is 6.04 Å². The molecule has 2 atom stereocenters. The number of benzene rings is 2. The summed E-state index contributed by atoms with van der Waals surface area (Å²) in [6.45, 7) is 7.95. The highest BCUT2D eigenvalue weighted by Gasteiger charge is 2.27. The normalized spacial score (nSPS) is 12.9. The average molecular weight is 467 g/mol. The summed E-state index contributed by atoms with van der Waals surface area (Å²) < 4.78 is 0. The minimum Gasteiger partial charge on any atom is -0.352 e. The Bertz CT molecular complexity index is 874. The van der Waals surface area contributed by atoms with Crippen LogP contribution in [-0.4, -0.2) is 34.6 Å². The maximum absolute atomic E-state index is 13.1. The van der Waals surface area contributed by atoms with Crippen LogP contribution in [0.2, 0.25) is 10.0 Å². The summed E-state index contributed by atoms with van der Waals surface area (Å²) in [6.07, 6.45) is 0.818. The van der Waals surface area contributed by atoms with Crippen LogP contribution >= 0.6 is 35.0 Å². The molecule has 0 unspecified atom stereocenters. The van der Waals surface area contributed by atoms with Gasteiger partial charge in [-0.25, -0.2) is 0 Å². The SMILES string of the molecule is CC[C@H](C)NC(=O)[C@H](C)N(Cc1ccc(Cl)cc1Cl)C(=O)CSc1ccc(C)cc1. The summed E-state index contributed by atoms with van der Waals surface area (Å²) in [5.41, 5.74) is 1.91. The van der Waals surface area contributed by atoms with E-state index in [0.717, 1.165) is 16.9 Å². The number of hydrogen-bond donors (Lipinski definition) is 1. The largest absolute Gasteiger partial charge is 0.352 e. The summed E-state index contributed by atoms with van der Waals surface area (Å²) in [4.78, 5) is 28.4. The first kappa shape index (κ1) is 24.6. The first-order chi connectivity index (χ1) is 14.2. The molecular weight excluding hydrogens is 439 g/mol. The summed E-state index contributed by atoms with van der Waals surface area (Å²) in [6, 6.07) is 12.6. The maximum atomic E-state index is 13.1. The Morgan fingerprint density at radius 2 is 1.77 bits per heavy atom. The van der Waals surface area contributed by atoms with Gasteiger partial charge < -0.3 is 10.2 Å². The number of halogens is 2. The molecule has 4 nitrogen and oxygen atoms in total. The van der Waals surface area contributed by atoms with Crippen LogP contribution in [0.15, 0.2) is 47.4 Å². The summed E-state index contributed by atoms with van der Waals surface area (Å²) in [7, 11) is 0. The third-order valence-electron chi connectivity index (χ3n) is 4.91. The fraction of sp³-hybridized carbons (Fsp3) is 0.391. The van der Waals surface area contributed by atoms with Gasteiger partial charge in [0.15, 0.2) is 0 Å². The van der Waals surface area contributed by atoms with Gasteiger partial charge in [0.25, 0.3) is 0 Å². The topological polar surface area (TPSA) is 49.4 Å². The van der Waals surface area contributed by atoms with E-state index in [0.29, 0.717) is 10.0 Å². The van der Waals surface area contributed by atoms with Crippen LogP contribution < -0.4 is 5.32 Å². The van der Waals surface area contributed by atoms with Gasteiger partial charge in [-0.15, -0.1) is 11.8 Å². The second-order valence-electron chi connectivity index (χ2n) is 7.35. The number of hydrogen-bond acceptors (Lipinski definition) is 3. The second-order valence-corrected chi connectivity index (χ2v) is 9.25. The van der Waals surface area contributed by atoms with Gasteiger partial charge in [-0.3, -0.25) is 9.59 Å². The molecule has 0 fully saturated rings. The molecule has 0 aromatic heterocycles. The van der Waals surface area contributed by atoms with Crippen molar-refractivity contribution >= 4 is 46.8 Å². The lowest BCUT2D eigenvalue weighted by atomic mass is 10.1. The highest BCUT2D eigenvalue weighted by Crippen LogP contribution is 2.25. The van der Waals surface area contributed by atoms with Crippen LogP contribution in [0.4, 0.5) is 0 Å². The lowest BCUT2D eigenvalue weighted by Crippen LogP contribution is -2.50. The van der Waals surface area contributed by atoms with Crippen molar-refractivity contribution in [2.24, 2.45) is 0 Å². The number of nitrogens with zero attached hydrogens (tertiary/aromatic N) is 1. The quantitative estimate of drug-likeness (QED) is 0.480. The van der Waals surface area contributed by atoms with Gasteiger partial charge >= 0.3 is 0 Å². The Balaban J connectivity index is 2.18. The summed E-state index contributed by atoms with van der Waals surface area (Å²) >= 11 is 13.8. The van der Waals surface area contributed by atoms with Crippen molar-refractivity contribution in [1.82, 2.24) is 10.2 Å². The Kier molecular flexibility index (Phi) is 9.53. The zero-order valence-corrected chi connectivity index (χ0v) is 20.1. The van der Waals surface area contributed by atoms with Crippen molar-refractivity contribution in [2.45, 2.75) is 57.6 Å². The van der Waals surface area contributed by atoms with E-state index in [9.17, 15) is 9.59 Å². The standard InChI is InChI=1S/C23H28Cl2N2O2S/c1-5-16(3)26-23(29)17(4)27(13-18-8-9-19(24)12-21(18)25)22(28)14-30-20-10-6-15(2)7-11-20/h6-12,16-17H,5,13-14H2,1-4H3,(H,26,29)/t16-,17-/m0/s1. The van der Waals surface area contributed by atoms with Crippen molar-refractivity contribution in [2.75, 3.05) is 5.75 Å². The molecule has 2 amide bonds. The summed E-state index contributed by atoms with van der Waals surface area (Å²) in [5, 5.41) is 3.96. The van der Waals surface area contributed by atoms with Gasteiger partial charge in [0.2, 0.25) is 11.8 Å². The monoisotopic (exact) mass is 466 g/mol. The molecule has 2 rings (SSSR count). The molecule has 0 aliphatic heterocycles. The van der Waals surface area contributed by atoms with Gasteiger partial charge in [-0.2, -0.15) is 0 Å². The van der Waals surface area contributed by atoms with E-state index >= 15 is 0 Å². The number of thioether (sulfide) groups is 1. The predicted octanol–water partition coefficient (Wildman–Crippen LogP) is 5.73. The number of rotatable bonds is 9. The molecule has 7 heteroatoms. The Morgan fingerprint density at radius 1 is 1.10 bits per heavy atom. The molecular formula is C23H28Cl2N2O2S. The molecule has 0 aliphatic carbocycles. The fourth-order valence-electron chi connectivity index (χ4n) is 2.74. The van der Waals surface area contributed by atoms with Gasteiger partial charge in [0, 0.05) is 27.5 Å². The molecule has 0 radical (unpaired) electrons. The maximum Gasteiger partial charge on any atom is 0.242 e. The molecule has 1 N–H and O–H groups in total. The molecule has 30 heavy (non-hydrogen) atoms. The van der Waals surface area contributed by atoms with Crippen LogP contribution in [-0.2, 0) is 16.1 Å². The van der Waals surface area contributed by atoms with E-state index < -0.39 is 6.04 Å². The highest BCUT2D eigenvalue weighted by atomic mass is 35.5. The van der Waals surface area contributed by atoms with Gasteiger partial charge in [0.05, 0.1) is 5.75 Å². The van der Waals surface area contributed by atoms with E-state index in [4.69, 9.17) is 23.2 Å². The van der Waals surface area contributed by atoms with E-state index in [1.165, 1.54) is 17.3 Å². The predicted molar refractivity (Wildman–Crippen MR) is 126 cm³/mol. The van der Waals surface area contributed by atoms with Crippen molar-refractivity contribution in [3.05, 3.63) is 63.6 Å². The second kappa shape index (κ2) is 11.6. The third kappa shape index (κ3) is 7.22. The van der Waals surface area contributed by atoms with Crippen LogP contribution in [0.3, 0.4) is 0 Å². The first-order valence-corrected chi connectivity index (χ1v) is 11.7. The van der Waals surface area contributed by atoms with E-state index in [1.54, 1.807) is 30.0 Å². The fourth-order valence-corrected chi connectivity index (χ4v) is 4.00. The van der Waals surface area contributed by atoms with Crippen molar-refractivity contribution < 1.29 is 9.59 Å². The Morgan fingerprint density at radius 3 is 2.37 bits per heavy atom. The van der Waals surface area contributed by atoms with E-state index in [2.05, 4.69) is 5.32 Å². The van der Waals surface area contributed by atoms with Crippen molar-refractivity contribution in [3.63, 3.8) is 0 Å². The average Bonchev–Trinajstić information content (AvgIpc) is 2.72. The van der Waals surface area contributed by atoms with Crippen LogP contribution in [0.5, 0.6) is 0 Å². The molecule has 0 saturated carbocycles. The molecule has 2 aromatic carbocycles. The zero-order chi connectivity index (χ0) is 22.3. The molecule has 0 saturated heterocycles. The third-order valence-corrected chi connectivity index (χ3v) is 6.49. The Hall–Kier alpha value is -1.69.